The highest BCUT2D eigenvalue weighted by atomic mass is 19.3. The minimum Gasteiger partial charge on any atom is -0.432 e. The van der Waals surface area contributed by atoms with Gasteiger partial charge < -0.3 is 9.84 Å². The molecule has 0 aromatic heterocycles. The third-order valence-electron chi connectivity index (χ3n) is 2.58. The first-order valence-electron chi connectivity index (χ1n) is 5.00. The molecule has 0 saturated heterocycles. The first-order chi connectivity index (χ1) is 7.58. The van der Waals surface area contributed by atoms with Crippen molar-refractivity contribution >= 4 is 0 Å². The van der Waals surface area contributed by atoms with Crippen LogP contribution in [0, 0.1) is 11.7 Å². The summed E-state index contributed by atoms with van der Waals surface area (Å²) < 4.78 is 41.0. The normalized spacial score (nSPS) is 17.6. The zero-order valence-electron chi connectivity index (χ0n) is 8.37. The smallest absolute Gasteiger partial charge is 0.387 e. The molecule has 1 aliphatic carbocycles. The maximum Gasteiger partial charge on any atom is 0.387 e. The van der Waals surface area contributed by atoms with Crippen molar-refractivity contribution in [1.29, 1.82) is 0 Å². The van der Waals surface area contributed by atoms with Crippen LogP contribution in [-0.4, -0.2) is 11.7 Å². The molecule has 88 valence electrons. The number of alkyl halides is 2. The van der Waals surface area contributed by atoms with E-state index in [2.05, 4.69) is 4.74 Å². The molecule has 1 aliphatic rings. The van der Waals surface area contributed by atoms with E-state index in [9.17, 15) is 18.3 Å². The van der Waals surface area contributed by atoms with Gasteiger partial charge in [0.05, 0.1) is 6.10 Å². The molecule has 2 rings (SSSR count). The van der Waals surface area contributed by atoms with Crippen LogP contribution >= 0.6 is 0 Å². The van der Waals surface area contributed by atoms with Gasteiger partial charge in [0, 0.05) is 0 Å². The van der Waals surface area contributed by atoms with E-state index in [0.717, 1.165) is 25.0 Å². The molecule has 5 heteroatoms. The summed E-state index contributed by atoms with van der Waals surface area (Å²) in [6, 6.07) is 3.56. The second-order valence-electron chi connectivity index (χ2n) is 3.85. The van der Waals surface area contributed by atoms with E-state index in [1.165, 1.54) is 6.07 Å². The summed E-state index contributed by atoms with van der Waals surface area (Å²) in [6.07, 6.45) is 1.12. The Morgan fingerprint density at radius 1 is 1.31 bits per heavy atom. The molecule has 16 heavy (non-hydrogen) atoms. The third kappa shape index (κ3) is 2.47. The highest BCUT2D eigenvalue weighted by Gasteiger charge is 2.31. The van der Waals surface area contributed by atoms with Gasteiger partial charge in [0.1, 0.15) is 0 Å². The summed E-state index contributed by atoms with van der Waals surface area (Å²) >= 11 is 0. The summed E-state index contributed by atoms with van der Waals surface area (Å²) in [5, 5.41) is 9.70. The molecule has 0 heterocycles. The Hall–Kier alpha value is -1.23. The van der Waals surface area contributed by atoms with Crippen molar-refractivity contribution in [3.63, 3.8) is 0 Å². The fourth-order valence-corrected chi connectivity index (χ4v) is 1.58. The zero-order valence-corrected chi connectivity index (χ0v) is 8.37. The molecule has 0 radical (unpaired) electrons. The lowest BCUT2D eigenvalue weighted by Gasteiger charge is -2.11. The van der Waals surface area contributed by atoms with Gasteiger partial charge in [0.2, 0.25) is 0 Å². The third-order valence-corrected chi connectivity index (χ3v) is 2.58. The summed E-state index contributed by atoms with van der Waals surface area (Å²) in [6.45, 7) is -3.05. The second-order valence-corrected chi connectivity index (χ2v) is 3.85. The maximum atomic E-state index is 13.3. The largest absolute Gasteiger partial charge is 0.432 e. The van der Waals surface area contributed by atoms with Gasteiger partial charge in [0.25, 0.3) is 0 Å². The Morgan fingerprint density at radius 3 is 2.50 bits per heavy atom. The molecule has 0 aliphatic heterocycles. The first-order valence-corrected chi connectivity index (χ1v) is 5.00. The van der Waals surface area contributed by atoms with Crippen molar-refractivity contribution in [1.82, 2.24) is 0 Å². The quantitative estimate of drug-likeness (QED) is 0.864. The molecular weight excluding hydrogens is 221 g/mol. The van der Waals surface area contributed by atoms with Gasteiger partial charge in [-0.15, -0.1) is 0 Å². The number of rotatable bonds is 4. The first kappa shape index (κ1) is 11.3. The molecule has 1 saturated carbocycles. The lowest BCUT2D eigenvalue weighted by atomic mass is 10.1. The SMILES string of the molecule is OC(c1ccc(OC(F)F)c(F)c1)C1CC1. The van der Waals surface area contributed by atoms with Crippen molar-refractivity contribution in [3.8, 4) is 5.75 Å². The molecule has 1 aromatic rings. The van der Waals surface area contributed by atoms with Crippen LogP contribution in [0.3, 0.4) is 0 Å². The zero-order chi connectivity index (χ0) is 11.7. The number of halogens is 3. The lowest BCUT2D eigenvalue weighted by molar-refractivity contribution is -0.0522. The molecule has 0 amide bonds. The number of aliphatic hydroxyl groups excluding tert-OH is 1. The van der Waals surface area contributed by atoms with Crippen LogP contribution in [0.1, 0.15) is 24.5 Å². The van der Waals surface area contributed by atoms with E-state index in [4.69, 9.17) is 0 Å². The Balaban J connectivity index is 2.14. The van der Waals surface area contributed by atoms with Crippen molar-refractivity contribution < 1.29 is 23.0 Å². The number of hydrogen-bond donors (Lipinski definition) is 1. The van der Waals surface area contributed by atoms with Gasteiger partial charge >= 0.3 is 6.61 Å². The second kappa shape index (κ2) is 4.33. The van der Waals surface area contributed by atoms with E-state index in [-0.39, 0.29) is 5.92 Å². The Bertz CT molecular complexity index is 377. The van der Waals surface area contributed by atoms with Crippen LogP contribution in [-0.2, 0) is 0 Å². The summed E-state index contributed by atoms with van der Waals surface area (Å²) in [5.74, 6) is -1.21. The van der Waals surface area contributed by atoms with Crippen LogP contribution in [0.5, 0.6) is 5.75 Å². The molecule has 1 N–H and O–H groups in total. The number of aliphatic hydroxyl groups is 1. The van der Waals surface area contributed by atoms with Crippen LogP contribution in [0.25, 0.3) is 0 Å². The molecule has 0 bridgehead atoms. The van der Waals surface area contributed by atoms with Crippen LogP contribution < -0.4 is 4.74 Å². The number of benzene rings is 1. The van der Waals surface area contributed by atoms with E-state index >= 15 is 0 Å². The highest BCUT2D eigenvalue weighted by Crippen LogP contribution is 2.41. The van der Waals surface area contributed by atoms with Gasteiger partial charge in [-0.1, -0.05) is 6.07 Å². The number of hydrogen-bond acceptors (Lipinski definition) is 2. The van der Waals surface area contributed by atoms with Gasteiger partial charge in [-0.25, -0.2) is 4.39 Å². The standard InChI is InChI=1S/C11H11F3O2/c12-8-5-7(10(15)6-1-2-6)3-4-9(8)16-11(13)14/h3-6,10-11,15H,1-2H2. The minimum atomic E-state index is -3.05. The summed E-state index contributed by atoms with van der Waals surface area (Å²) in [5.41, 5.74) is 0.404. The molecule has 2 nitrogen and oxygen atoms in total. The highest BCUT2D eigenvalue weighted by molar-refractivity contribution is 5.31. The average Bonchev–Trinajstić information content (AvgIpc) is 3.03. The molecule has 1 atom stereocenters. The molecule has 1 unspecified atom stereocenters. The molecule has 1 fully saturated rings. The van der Waals surface area contributed by atoms with E-state index in [1.807, 2.05) is 0 Å². The Morgan fingerprint density at radius 2 is 2.00 bits per heavy atom. The van der Waals surface area contributed by atoms with Crippen LogP contribution in [0.4, 0.5) is 13.2 Å². The van der Waals surface area contributed by atoms with E-state index in [0.29, 0.717) is 5.56 Å². The fraction of sp³-hybridized carbons (Fsp3) is 0.455. The van der Waals surface area contributed by atoms with E-state index in [1.54, 1.807) is 0 Å². The predicted molar refractivity (Wildman–Crippen MR) is 50.7 cm³/mol. The van der Waals surface area contributed by atoms with E-state index < -0.39 is 24.3 Å². The van der Waals surface area contributed by atoms with Crippen LogP contribution in [0.15, 0.2) is 18.2 Å². The van der Waals surface area contributed by atoms with Gasteiger partial charge in [0.15, 0.2) is 11.6 Å². The van der Waals surface area contributed by atoms with Gasteiger partial charge in [-0.2, -0.15) is 8.78 Å². The lowest BCUT2D eigenvalue weighted by Crippen LogP contribution is -2.05. The van der Waals surface area contributed by atoms with Crippen molar-refractivity contribution in [3.05, 3.63) is 29.6 Å². The minimum absolute atomic E-state index is 0.168. The maximum absolute atomic E-state index is 13.3. The summed E-state index contributed by atoms with van der Waals surface area (Å²) in [4.78, 5) is 0. The monoisotopic (exact) mass is 232 g/mol. The topological polar surface area (TPSA) is 29.5 Å². The average molecular weight is 232 g/mol. The van der Waals surface area contributed by atoms with Crippen molar-refractivity contribution in [2.75, 3.05) is 0 Å². The van der Waals surface area contributed by atoms with Crippen LogP contribution in [0.2, 0.25) is 0 Å². The van der Waals surface area contributed by atoms with Crippen molar-refractivity contribution in [2.45, 2.75) is 25.6 Å². The van der Waals surface area contributed by atoms with Gasteiger partial charge in [-0.3, -0.25) is 0 Å². The Kier molecular flexibility index (Phi) is 3.05. The molecule has 1 aromatic carbocycles. The number of ether oxygens (including phenoxy) is 1. The predicted octanol–water partition coefficient (Wildman–Crippen LogP) is 2.87. The van der Waals surface area contributed by atoms with Crippen molar-refractivity contribution in [2.24, 2.45) is 5.92 Å². The fourth-order valence-electron chi connectivity index (χ4n) is 1.58. The molecular formula is C11H11F3O2. The molecule has 0 spiro atoms. The summed E-state index contributed by atoms with van der Waals surface area (Å²) in [7, 11) is 0. The Labute approximate surface area is 90.7 Å². The van der Waals surface area contributed by atoms with Gasteiger partial charge in [-0.05, 0) is 36.5 Å².